The van der Waals surface area contributed by atoms with Gasteiger partial charge in [0.25, 0.3) is 0 Å². The molecule has 1 unspecified atom stereocenters. The van der Waals surface area contributed by atoms with Gasteiger partial charge in [0.1, 0.15) is 0 Å². The molecule has 1 atom stereocenters. The molecule has 0 aromatic rings. The highest BCUT2D eigenvalue weighted by atomic mass is 15.2. The van der Waals surface area contributed by atoms with E-state index in [1.165, 1.54) is 45.2 Å². The first-order valence-corrected chi connectivity index (χ1v) is 7.07. The molecule has 0 aromatic heterocycles. The first-order valence-electron chi connectivity index (χ1n) is 7.07. The quantitative estimate of drug-likeness (QED) is 0.723. The molecule has 2 heteroatoms. The average Bonchev–Trinajstić information content (AvgIpc) is 2.76. The largest absolute Gasteiger partial charge is 0.330 e. The number of hydrogen-bond acceptors (Lipinski definition) is 2. The summed E-state index contributed by atoms with van der Waals surface area (Å²) in [5, 5.41) is 0. The molecule has 1 aliphatic carbocycles. The Balaban J connectivity index is 2.36. The van der Waals surface area contributed by atoms with Gasteiger partial charge in [-0.05, 0) is 44.2 Å². The average molecular weight is 226 g/mol. The molecule has 2 nitrogen and oxygen atoms in total. The van der Waals surface area contributed by atoms with Crippen molar-refractivity contribution in [3.63, 3.8) is 0 Å². The molecule has 0 aliphatic heterocycles. The maximum atomic E-state index is 5.69. The van der Waals surface area contributed by atoms with Crippen molar-refractivity contribution in [1.29, 1.82) is 0 Å². The second-order valence-corrected chi connectivity index (χ2v) is 5.96. The zero-order chi connectivity index (χ0) is 12.0. The van der Waals surface area contributed by atoms with E-state index in [-0.39, 0.29) is 0 Å². The van der Waals surface area contributed by atoms with Gasteiger partial charge in [-0.3, -0.25) is 0 Å². The Morgan fingerprint density at radius 2 is 1.81 bits per heavy atom. The monoisotopic (exact) mass is 226 g/mol. The van der Waals surface area contributed by atoms with Gasteiger partial charge in [0.05, 0.1) is 0 Å². The van der Waals surface area contributed by atoms with E-state index < -0.39 is 0 Å². The number of hydrogen-bond donors (Lipinski definition) is 1. The van der Waals surface area contributed by atoms with E-state index in [0.29, 0.717) is 5.92 Å². The van der Waals surface area contributed by atoms with Crippen molar-refractivity contribution in [3.05, 3.63) is 0 Å². The predicted molar refractivity (Wildman–Crippen MR) is 71.5 cm³/mol. The van der Waals surface area contributed by atoms with Crippen molar-refractivity contribution >= 4 is 0 Å². The third kappa shape index (κ3) is 4.84. The lowest BCUT2D eigenvalue weighted by Crippen LogP contribution is -2.38. The van der Waals surface area contributed by atoms with Crippen LogP contribution in [0.25, 0.3) is 0 Å². The van der Waals surface area contributed by atoms with Crippen molar-refractivity contribution in [2.75, 3.05) is 19.6 Å². The summed E-state index contributed by atoms with van der Waals surface area (Å²) in [5.74, 6) is 1.46. The second kappa shape index (κ2) is 7.29. The lowest BCUT2D eigenvalue weighted by Gasteiger charge is -2.31. The first-order chi connectivity index (χ1) is 7.63. The van der Waals surface area contributed by atoms with E-state index in [9.17, 15) is 0 Å². The zero-order valence-electron chi connectivity index (χ0n) is 11.4. The fraction of sp³-hybridized carbons (Fsp3) is 1.00. The van der Waals surface area contributed by atoms with E-state index in [0.717, 1.165) is 18.5 Å². The van der Waals surface area contributed by atoms with Crippen molar-refractivity contribution < 1.29 is 0 Å². The van der Waals surface area contributed by atoms with E-state index in [1.807, 2.05) is 0 Å². The van der Waals surface area contributed by atoms with Crippen molar-refractivity contribution in [2.45, 2.75) is 58.9 Å². The Morgan fingerprint density at radius 1 is 1.19 bits per heavy atom. The molecule has 0 aromatic carbocycles. The number of nitrogens with zero attached hydrogens (tertiary/aromatic N) is 1. The van der Waals surface area contributed by atoms with Gasteiger partial charge in [0, 0.05) is 12.6 Å². The minimum absolute atomic E-state index is 0.677. The Bertz CT molecular complexity index is 174. The summed E-state index contributed by atoms with van der Waals surface area (Å²) in [6, 6.07) is 0.868. The molecule has 0 amide bonds. The standard InChI is InChI=1S/C14H30N2/c1-12(2)11-16(9-8-13(3)10-15)14-6-4-5-7-14/h12-14H,4-11,15H2,1-3H3. The van der Waals surface area contributed by atoms with E-state index >= 15 is 0 Å². The van der Waals surface area contributed by atoms with Crippen LogP contribution in [-0.4, -0.2) is 30.6 Å². The van der Waals surface area contributed by atoms with E-state index in [2.05, 4.69) is 25.7 Å². The first kappa shape index (κ1) is 14.0. The van der Waals surface area contributed by atoms with Crippen LogP contribution in [0.1, 0.15) is 52.9 Å². The Hall–Kier alpha value is -0.0800. The van der Waals surface area contributed by atoms with E-state index in [1.54, 1.807) is 0 Å². The molecule has 1 saturated carbocycles. The molecule has 1 fully saturated rings. The summed E-state index contributed by atoms with van der Waals surface area (Å²) >= 11 is 0. The van der Waals surface area contributed by atoms with Crippen LogP contribution in [0.5, 0.6) is 0 Å². The molecule has 0 saturated heterocycles. The maximum Gasteiger partial charge on any atom is 0.00953 e. The molecule has 0 heterocycles. The number of nitrogens with two attached hydrogens (primary N) is 1. The highest BCUT2D eigenvalue weighted by Crippen LogP contribution is 2.24. The van der Waals surface area contributed by atoms with Gasteiger partial charge in [-0.15, -0.1) is 0 Å². The minimum atomic E-state index is 0.677. The molecule has 96 valence electrons. The molecule has 0 radical (unpaired) electrons. The van der Waals surface area contributed by atoms with Crippen molar-refractivity contribution in [3.8, 4) is 0 Å². The molecule has 0 bridgehead atoms. The van der Waals surface area contributed by atoms with Gasteiger partial charge < -0.3 is 10.6 Å². The lowest BCUT2D eigenvalue weighted by molar-refractivity contribution is 0.167. The van der Waals surface area contributed by atoms with Gasteiger partial charge in [-0.25, -0.2) is 0 Å². The van der Waals surface area contributed by atoms with Gasteiger partial charge in [-0.2, -0.15) is 0 Å². The van der Waals surface area contributed by atoms with Gasteiger partial charge in [0.15, 0.2) is 0 Å². The SMILES string of the molecule is CC(C)CN(CCC(C)CN)C1CCCC1. The maximum absolute atomic E-state index is 5.69. The van der Waals surface area contributed by atoms with Gasteiger partial charge in [-0.1, -0.05) is 33.6 Å². The number of rotatable bonds is 7. The Kier molecular flexibility index (Phi) is 6.37. The third-order valence-corrected chi connectivity index (χ3v) is 3.75. The summed E-state index contributed by atoms with van der Waals surface area (Å²) in [5.41, 5.74) is 5.69. The molecule has 1 rings (SSSR count). The molecule has 0 spiro atoms. The fourth-order valence-electron chi connectivity index (χ4n) is 2.67. The van der Waals surface area contributed by atoms with E-state index in [4.69, 9.17) is 5.73 Å². The molecular weight excluding hydrogens is 196 g/mol. The highest BCUT2D eigenvalue weighted by Gasteiger charge is 2.22. The molecule has 1 aliphatic rings. The highest BCUT2D eigenvalue weighted by molar-refractivity contribution is 4.78. The Morgan fingerprint density at radius 3 is 2.31 bits per heavy atom. The van der Waals surface area contributed by atoms with Crippen LogP contribution in [0, 0.1) is 11.8 Å². The smallest absolute Gasteiger partial charge is 0.00953 e. The molecule has 2 N–H and O–H groups in total. The van der Waals surface area contributed by atoms with Crippen LogP contribution in [0.4, 0.5) is 0 Å². The summed E-state index contributed by atoms with van der Waals surface area (Å²) in [4.78, 5) is 2.73. The van der Waals surface area contributed by atoms with Crippen LogP contribution >= 0.6 is 0 Å². The van der Waals surface area contributed by atoms with Gasteiger partial charge >= 0.3 is 0 Å². The second-order valence-electron chi connectivity index (χ2n) is 5.96. The van der Waals surface area contributed by atoms with Crippen LogP contribution in [-0.2, 0) is 0 Å². The zero-order valence-corrected chi connectivity index (χ0v) is 11.4. The summed E-state index contributed by atoms with van der Waals surface area (Å²) in [6.07, 6.45) is 6.98. The Labute approximate surface area is 102 Å². The molecular formula is C14H30N2. The van der Waals surface area contributed by atoms with Crippen LogP contribution in [0.2, 0.25) is 0 Å². The van der Waals surface area contributed by atoms with Crippen molar-refractivity contribution in [1.82, 2.24) is 4.90 Å². The topological polar surface area (TPSA) is 29.3 Å². The summed E-state index contributed by atoms with van der Waals surface area (Å²) in [6.45, 7) is 10.3. The van der Waals surface area contributed by atoms with Crippen LogP contribution < -0.4 is 5.73 Å². The van der Waals surface area contributed by atoms with Crippen molar-refractivity contribution in [2.24, 2.45) is 17.6 Å². The third-order valence-electron chi connectivity index (χ3n) is 3.75. The van der Waals surface area contributed by atoms with Crippen LogP contribution in [0.3, 0.4) is 0 Å². The summed E-state index contributed by atoms with van der Waals surface area (Å²) in [7, 11) is 0. The lowest BCUT2D eigenvalue weighted by atomic mass is 10.1. The molecule has 16 heavy (non-hydrogen) atoms. The minimum Gasteiger partial charge on any atom is -0.330 e. The normalized spacial score (nSPS) is 19.9. The summed E-state index contributed by atoms with van der Waals surface area (Å²) < 4.78 is 0. The fourth-order valence-corrected chi connectivity index (χ4v) is 2.67. The van der Waals surface area contributed by atoms with Gasteiger partial charge in [0.2, 0.25) is 0 Å². The predicted octanol–water partition coefficient (Wildman–Crippen LogP) is 2.87. The van der Waals surface area contributed by atoms with Crippen LogP contribution in [0.15, 0.2) is 0 Å².